The molecule has 0 spiro atoms. The van der Waals surface area contributed by atoms with E-state index >= 15 is 0 Å². The molecular weight excluding hydrogens is 471 g/mol. The first-order chi connectivity index (χ1) is 16.2. The number of hydrogen-bond acceptors (Lipinski definition) is 4. The van der Waals surface area contributed by atoms with E-state index in [-0.39, 0.29) is 18.3 Å². The van der Waals surface area contributed by atoms with Crippen LogP contribution in [0.2, 0.25) is 5.02 Å². The Morgan fingerprint density at radius 3 is 2.38 bits per heavy atom. The van der Waals surface area contributed by atoms with Gasteiger partial charge in [0.2, 0.25) is 0 Å². The molecule has 1 N–H and O–H groups in total. The number of amides is 2. The molecule has 0 unspecified atom stereocenters. The van der Waals surface area contributed by atoms with Crippen molar-refractivity contribution in [2.24, 2.45) is 0 Å². The lowest BCUT2D eigenvalue weighted by Crippen LogP contribution is -2.51. The van der Waals surface area contributed by atoms with Crippen molar-refractivity contribution >= 4 is 23.3 Å². The molecule has 34 heavy (non-hydrogen) atoms. The van der Waals surface area contributed by atoms with E-state index in [4.69, 9.17) is 16.3 Å². The minimum atomic E-state index is -4.61. The highest BCUT2D eigenvalue weighted by atomic mass is 35.5. The number of hydrogen-bond donors (Lipinski definition) is 1. The van der Waals surface area contributed by atoms with Gasteiger partial charge in [0.15, 0.2) is 5.69 Å². The fourth-order valence-electron chi connectivity index (χ4n) is 3.75. The zero-order valence-electron chi connectivity index (χ0n) is 18.3. The number of nitrogens with zero attached hydrogens (tertiary/aromatic N) is 4. The lowest BCUT2D eigenvalue weighted by molar-refractivity contribution is -0.141. The van der Waals surface area contributed by atoms with Crippen LogP contribution in [0.1, 0.15) is 11.4 Å². The molecule has 1 fully saturated rings. The maximum atomic E-state index is 13.3. The number of carbonyl (C=O) groups is 1. The van der Waals surface area contributed by atoms with Gasteiger partial charge in [0, 0.05) is 36.9 Å². The number of halogens is 4. The van der Waals surface area contributed by atoms with E-state index in [1.54, 1.807) is 30.2 Å². The van der Waals surface area contributed by atoms with Crippen LogP contribution in [0.3, 0.4) is 0 Å². The van der Waals surface area contributed by atoms with Crippen LogP contribution in [0.15, 0.2) is 54.6 Å². The zero-order chi connectivity index (χ0) is 24.3. The Hall–Kier alpha value is -3.40. The third-order valence-electron chi connectivity index (χ3n) is 5.55. The highest BCUT2D eigenvalue weighted by Gasteiger charge is 2.35. The van der Waals surface area contributed by atoms with Gasteiger partial charge in [0.05, 0.1) is 25.0 Å². The number of aromatic nitrogens is 2. The van der Waals surface area contributed by atoms with Gasteiger partial charge in [-0.05, 0) is 48.5 Å². The molecule has 0 atom stereocenters. The average molecular weight is 494 g/mol. The second-order valence-corrected chi connectivity index (χ2v) is 8.18. The van der Waals surface area contributed by atoms with Crippen LogP contribution < -0.4 is 15.0 Å². The standard InChI is InChI=1S/C23H23ClF3N5O2/c1-34-20-7-5-17(6-8-20)30-9-11-31(12-10-30)22(33)28-15-19-14-21(23(25,26)27)29-32(19)18-4-2-3-16(24)13-18/h2-8,13-14H,9-12,15H2,1H3,(H,28,33). The molecule has 180 valence electrons. The SMILES string of the molecule is COc1ccc(N2CCN(C(=O)NCc3cc(C(F)(F)F)nn3-c3cccc(Cl)c3)CC2)cc1. The molecule has 0 saturated carbocycles. The van der Waals surface area contributed by atoms with E-state index in [9.17, 15) is 18.0 Å². The van der Waals surface area contributed by atoms with Crippen LogP contribution in [0.25, 0.3) is 5.69 Å². The van der Waals surface area contributed by atoms with Gasteiger partial charge in [0.1, 0.15) is 5.75 Å². The van der Waals surface area contributed by atoms with Crippen molar-refractivity contribution in [3.05, 3.63) is 71.0 Å². The first kappa shape index (κ1) is 23.7. The number of benzene rings is 2. The van der Waals surface area contributed by atoms with Crippen molar-refractivity contribution in [1.29, 1.82) is 0 Å². The molecule has 1 aliphatic rings. The van der Waals surface area contributed by atoms with E-state index in [0.29, 0.717) is 36.9 Å². The van der Waals surface area contributed by atoms with Crippen LogP contribution in [-0.2, 0) is 12.7 Å². The van der Waals surface area contributed by atoms with Crippen LogP contribution in [0, 0.1) is 0 Å². The van der Waals surface area contributed by atoms with Crippen molar-refractivity contribution < 1.29 is 22.7 Å². The topological polar surface area (TPSA) is 62.6 Å². The quantitative estimate of drug-likeness (QED) is 0.565. The Kier molecular flexibility index (Phi) is 6.87. The first-order valence-corrected chi connectivity index (χ1v) is 11.0. The summed E-state index contributed by atoms with van der Waals surface area (Å²) in [5, 5.41) is 6.78. The predicted octanol–water partition coefficient (Wildman–Crippen LogP) is 4.58. The van der Waals surface area contributed by atoms with Gasteiger partial charge >= 0.3 is 12.2 Å². The smallest absolute Gasteiger partial charge is 0.435 e. The van der Waals surface area contributed by atoms with E-state index < -0.39 is 11.9 Å². The summed E-state index contributed by atoms with van der Waals surface area (Å²) in [6.45, 7) is 2.13. The normalized spacial score (nSPS) is 14.3. The van der Waals surface area contributed by atoms with Crippen LogP contribution >= 0.6 is 11.6 Å². The van der Waals surface area contributed by atoms with Gasteiger partial charge in [-0.1, -0.05) is 17.7 Å². The maximum Gasteiger partial charge on any atom is 0.435 e. The zero-order valence-corrected chi connectivity index (χ0v) is 19.1. The highest BCUT2D eigenvalue weighted by molar-refractivity contribution is 6.30. The van der Waals surface area contributed by atoms with Crippen molar-refractivity contribution in [2.45, 2.75) is 12.7 Å². The summed E-state index contributed by atoms with van der Waals surface area (Å²) < 4.78 is 46.2. The summed E-state index contributed by atoms with van der Waals surface area (Å²) in [5.41, 5.74) is 0.566. The molecule has 0 radical (unpaired) electrons. The number of anilines is 1. The van der Waals surface area contributed by atoms with Crippen LogP contribution in [-0.4, -0.2) is 54.0 Å². The fraction of sp³-hybridized carbons (Fsp3) is 0.304. The summed E-state index contributed by atoms with van der Waals surface area (Å²) in [6, 6.07) is 14.6. The summed E-state index contributed by atoms with van der Waals surface area (Å²) in [6.07, 6.45) is -4.61. The first-order valence-electron chi connectivity index (χ1n) is 10.6. The summed E-state index contributed by atoms with van der Waals surface area (Å²) in [5.74, 6) is 0.771. The second kappa shape index (κ2) is 9.84. The Morgan fingerprint density at radius 1 is 1.06 bits per heavy atom. The van der Waals surface area contributed by atoms with E-state index in [1.165, 1.54) is 6.07 Å². The van der Waals surface area contributed by atoms with Crippen molar-refractivity contribution in [1.82, 2.24) is 20.0 Å². The molecule has 2 aromatic carbocycles. The lowest BCUT2D eigenvalue weighted by atomic mass is 10.2. The van der Waals surface area contributed by atoms with E-state index in [1.807, 2.05) is 24.3 Å². The van der Waals surface area contributed by atoms with E-state index in [0.717, 1.165) is 22.2 Å². The lowest BCUT2D eigenvalue weighted by Gasteiger charge is -2.36. The Labute approximate surface area is 199 Å². The number of ether oxygens (including phenoxy) is 1. The molecule has 4 rings (SSSR count). The number of nitrogens with one attached hydrogen (secondary N) is 1. The minimum absolute atomic E-state index is 0.118. The fourth-order valence-corrected chi connectivity index (χ4v) is 3.94. The number of alkyl halides is 3. The van der Waals surface area contributed by atoms with Crippen LogP contribution in [0.4, 0.5) is 23.7 Å². The van der Waals surface area contributed by atoms with Gasteiger partial charge in [-0.15, -0.1) is 0 Å². The molecule has 0 aliphatic carbocycles. The second-order valence-electron chi connectivity index (χ2n) is 7.74. The highest BCUT2D eigenvalue weighted by Crippen LogP contribution is 2.30. The number of piperazine rings is 1. The molecule has 3 aromatic rings. The molecule has 1 aliphatic heterocycles. The number of urea groups is 1. The van der Waals surface area contributed by atoms with Crippen LogP contribution in [0.5, 0.6) is 5.75 Å². The summed E-state index contributed by atoms with van der Waals surface area (Å²) in [4.78, 5) is 16.5. The monoisotopic (exact) mass is 493 g/mol. The largest absolute Gasteiger partial charge is 0.497 e. The summed E-state index contributed by atoms with van der Waals surface area (Å²) >= 11 is 5.99. The Balaban J connectivity index is 1.40. The van der Waals surface area contributed by atoms with E-state index in [2.05, 4.69) is 15.3 Å². The molecule has 7 nitrogen and oxygen atoms in total. The molecule has 2 heterocycles. The number of carbonyl (C=O) groups excluding carboxylic acids is 1. The Bertz CT molecular complexity index is 1140. The average Bonchev–Trinajstić information content (AvgIpc) is 3.28. The maximum absolute atomic E-state index is 13.3. The predicted molar refractivity (Wildman–Crippen MR) is 123 cm³/mol. The minimum Gasteiger partial charge on any atom is -0.497 e. The summed E-state index contributed by atoms with van der Waals surface area (Å²) in [7, 11) is 1.61. The van der Waals surface area contributed by atoms with Gasteiger partial charge < -0.3 is 19.9 Å². The van der Waals surface area contributed by atoms with Gasteiger partial charge in [-0.25, -0.2) is 9.48 Å². The molecule has 1 aromatic heterocycles. The van der Waals surface area contributed by atoms with Crippen molar-refractivity contribution in [3.8, 4) is 11.4 Å². The molecule has 2 amide bonds. The van der Waals surface area contributed by atoms with Crippen molar-refractivity contribution in [3.63, 3.8) is 0 Å². The molecule has 1 saturated heterocycles. The molecule has 0 bridgehead atoms. The number of rotatable bonds is 5. The Morgan fingerprint density at radius 2 is 1.76 bits per heavy atom. The molecular formula is C23H23ClF3N5O2. The van der Waals surface area contributed by atoms with Gasteiger partial charge in [-0.2, -0.15) is 18.3 Å². The van der Waals surface area contributed by atoms with Gasteiger partial charge in [0.25, 0.3) is 0 Å². The molecule has 11 heteroatoms. The van der Waals surface area contributed by atoms with Gasteiger partial charge in [-0.3, -0.25) is 0 Å². The van der Waals surface area contributed by atoms with Crippen molar-refractivity contribution in [2.75, 3.05) is 38.2 Å². The third-order valence-corrected chi connectivity index (χ3v) is 5.79. The number of methoxy groups -OCH3 is 1. The third kappa shape index (κ3) is 5.39.